The fraction of sp³-hybridized carbons (Fsp3) is 0.600. The van der Waals surface area contributed by atoms with Crippen molar-refractivity contribution in [3.05, 3.63) is 182 Å². The lowest BCUT2D eigenvalue weighted by molar-refractivity contribution is -0.161. The first-order valence-corrected chi connectivity index (χ1v) is 42.0. The summed E-state index contributed by atoms with van der Waals surface area (Å²) in [4.78, 5) is 72.9. The summed E-state index contributed by atoms with van der Waals surface area (Å²) >= 11 is 0. The molecular weight excluding hydrogens is 1350 g/mol. The van der Waals surface area contributed by atoms with Gasteiger partial charge in [0.25, 0.3) is 0 Å². The molecule has 3 N–H and O–H groups in total. The molecule has 0 bridgehead atoms. The highest BCUT2D eigenvalue weighted by Crippen LogP contribution is 2.45. The number of carbonyl (C=O) groups is 4. The van der Waals surface area contributed by atoms with Crippen molar-refractivity contribution < 1.29 is 80.2 Å². The number of hydrogen-bond acceptors (Lipinski definition) is 15. The second-order valence-corrected chi connectivity index (χ2v) is 28.0. The van der Waals surface area contributed by atoms with Gasteiger partial charge in [-0.05, 0) is 154 Å². The summed E-state index contributed by atoms with van der Waals surface area (Å²) in [5.41, 5.74) is 0. The maximum Gasteiger partial charge on any atom is 0.472 e. The number of rotatable bonds is 71. The molecule has 17 nitrogen and oxygen atoms in total. The van der Waals surface area contributed by atoms with Gasteiger partial charge in [0.05, 0.1) is 32.8 Å². The van der Waals surface area contributed by atoms with Crippen molar-refractivity contribution in [2.24, 2.45) is 0 Å². The van der Waals surface area contributed by atoms with Crippen LogP contribution in [0.5, 0.6) is 0 Å². The molecule has 0 aromatic heterocycles. The second-order valence-electron chi connectivity index (χ2n) is 25.1. The van der Waals surface area contributed by atoms with Gasteiger partial charge in [-0.15, -0.1) is 0 Å². The van der Waals surface area contributed by atoms with Gasteiger partial charge < -0.3 is 33.8 Å². The predicted molar refractivity (Wildman–Crippen MR) is 426 cm³/mol. The van der Waals surface area contributed by atoms with E-state index in [1.165, 1.54) is 0 Å². The summed E-state index contributed by atoms with van der Waals surface area (Å²) in [6.07, 6.45) is 90.6. The number of esters is 4. The topological polar surface area (TPSA) is 237 Å². The minimum absolute atomic E-state index is 0.0311. The molecule has 0 aromatic carbocycles. The molecule has 5 atom stereocenters. The lowest BCUT2D eigenvalue weighted by atomic mass is 10.1. The minimum atomic E-state index is -5.02. The van der Waals surface area contributed by atoms with E-state index in [9.17, 15) is 43.2 Å². The molecule has 0 radical (unpaired) electrons. The molecule has 0 spiro atoms. The Balaban J connectivity index is 5.49. The molecule has 0 saturated heterocycles. The van der Waals surface area contributed by atoms with E-state index in [0.29, 0.717) is 32.1 Å². The van der Waals surface area contributed by atoms with Crippen LogP contribution in [0.25, 0.3) is 0 Å². The van der Waals surface area contributed by atoms with Gasteiger partial charge in [0.1, 0.15) is 19.3 Å². The molecule has 588 valence electrons. The van der Waals surface area contributed by atoms with E-state index < -0.39 is 97.5 Å². The summed E-state index contributed by atoms with van der Waals surface area (Å²) in [6, 6.07) is 0. The zero-order chi connectivity index (χ0) is 76.0. The lowest BCUT2D eigenvalue weighted by Gasteiger charge is -2.21. The van der Waals surface area contributed by atoms with Gasteiger partial charge >= 0.3 is 39.5 Å². The molecular formula is C85H136O17P2. The highest BCUT2D eigenvalue weighted by atomic mass is 31.2. The molecule has 0 rings (SSSR count). The Morgan fingerprint density at radius 3 is 0.827 bits per heavy atom. The molecule has 0 saturated carbocycles. The SMILES string of the molecule is CC/C=C\C/C=C\C/C=C\C/C=C\C/C=C\CC(=O)OC(COC(=O)CCCCCCCCC/C=C\C/C=C\C/C=C\CC)COP(=O)(O)OCC(O)COP(=O)(O)OCC(COC(=O)CCCCCCCCC/C=C\C/C=C\C/C=C\CC)OC(=O)CCCC/C=C\C/C=C\C/C=C\C/C=C\CC. The normalized spacial score (nSPS) is 14.9. The van der Waals surface area contributed by atoms with Crippen molar-refractivity contribution >= 4 is 39.5 Å². The fourth-order valence-electron chi connectivity index (χ4n) is 9.61. The van der Waals surface area contributed by atoms with Crippen molar-refractivity contribution in [1.82, 2.24) is 0 Å². The van der Waals surface area contributed by atoms with Crippen molar-refractivity contribution in [1.29, 1.82) is 0 Å². The first kappa shape index (κ1) is 98.2. The first-order valence-electron chi connectivity index (χ1n) is 39.0. The monoisotopic (exact) mass is 1490 g/mol. The van der Waals surface area contributed by atoms with Crippen molar-refractivity contribution in [2.75, 3.05) is 39.6 Å². The van der Waals surface area contributed by atoms with E-state index in [1.807, 2.05) is 12.2 Å². The number of phosphoric ester groups is 2. The summed E-state index contributed by atoms with van der Waals surface area (Å²) in [6.45, 7) is 4.21. The number of aliphatic hydroxyl groups is 1. The Labute approximate surface area is 628 Å². The van der Waals surface area contributed by atoms with Crippen LogP contribution in [-0.4, -0.2) is 96.7 Å². The molecule has 5 unspecified atom stereocenters. The van der Waals surface area contributed by atoms with Crippen molar-refractivity contribution in [3.63, 3.8) is 0 Å². The average molecular weight is 1490 g/mol. The molecule has 0 aromatic rings. The van der Waals surface area contributed by atoms with Gasteiger partial charge in [-0.25, -0.2) is 9.13 Å². The number of unbranched alkanes of at least 4 members (excludes halogenated alkanes) is 16. The van der Waals surface area contributed by atoms with Crippen LogP contribution in [0.4, 0.5) is 0 Å². The van der Waals surface area contributed by atoms with Crippen molar-refractivity contribution in [3.8, 4) is 0 Å². The summed E-state index contributed by atoms with van der Waals surface area (Å²) in [5.74, 6) is -2.41. The molecule has 0 fully saturated rings. The van der Waals surface area contributed by atoms with E-state index >= 15 is 0 Å². The zero-order valence-electron chi connectivity index (χ0n) is 64.1. The number of hydrogen-bond donors (Lipinski definition) is 3. The third-order valence-electron chi connectivity index (χ3n) is 15.4. The third-order valence-corrected chi connectivity index (χ3v) is 17.3. The van der Waals surface area contributed by atoms with Crippen LogP contribution in [0, 0.1) is 0 Å². The fourth-order valence-corrected chi connectivity index (χ4v) is 11.2. The Morgan fingerprint density at radius 2 is 0.510 bits per heavy atom. The van der Waals surface area contributed by atoms with Crippen LogP contribution >= 0.6 is 15.6 Å². The van der Waals surface area contributed by atoms with E-state index in [1.54, 1.807) is 12.2 Å². The van der Waals surface area contributed by atoms with E-state index in [4.69, 9.17) is 37.0 Å². The number of allylic oxidation sites excluding steroid dienone is 29. The summed E-state index contributed by atoms with van der Waals surface area (Å²) < 4.78 is 68.4. The Hall–Kier alpha value is -5.84. The predicted octanol–water partition coefficient (Wildman–Crippen LogP) is 22.8. The minimum Gasteiger partial charge on any atom is -0.462 e. The Bertz CT molecular complexity index is 2690. The van der Waals surface area contributed by atoms with Crippen LogP contribution < -0.4 is 0 Å². The highest BCUT2D eigenvalue weighted by Gasteiger charge is 2.30. The summed E-state index contributed by atoms with van der Waals surface area (Å²) in [5, 5.41) is 10.6. The molecule has 0 aliphatic heterocycles. The number of aliphatic hydroxyl groups excluding tert-OH is 1. The van der Waals surface area contributed by atoms with Gasteiger partial charge in [-0.3, -0.25) is 37.3 Å². The van der Waals surface area contributed by atoms with Gasteiger partial charge in [0, 0.05) is 19.3 Å². The Morgan fingerprint density at radius 1 is 0.279 bits per heavy atom. The van der Waals surface area contributed by atoms with Gasteiger partial charge in [-0.1, -0.05) is 274 Å². The maximum absolute atomic E-state index is 13.1. The molecule has 0 aliphatic carbocycles. The van der Waals surface area contributed by atoms with Crippen LogP contribution in [0.2, 0.25) is 0 Å². The lowest BCUT2D eigenvalue weighted by Crippen LogP contribution is -2.30. The number of carbonyl (C=O) groups excluding carboxylic acids is 4. The number of phosphoric acid groups is 2. The van der Waals surface area contributed by atoms with Gasteiger partial charge in [-0.2, -0.15) is 0 Å². The van der Waals surface area contributed by atoms with Crippen molar-refractivity contribution in [2.45, 2.75) is 290 Å². The maximum atomic E-state index is 13.1. The summed E-state index contributed by atoms with van der Waals surface area (Å²) in [7, 11) is -10.0. The molecule has 19 heteroatoms. The van der Waals surface area contributed by atoms with Crippen LogP contribution in [0.1, 0.15) is 272 Å². The first-order chi connectivity index (χ1) is 50.7. The Kier molecular flexibility index (Phi) is 71.2. The van der Waals surface area contributed by atoms with Gasteiger partial charge in [0.2, 0.25) is 0 Å². The van der Waals surface area contributed by atoms with E-state index in [0.717, 1.165) is 186 Å². The highest BCUT2D eigenvalue weighted by molar-refractivity contribution is 7.47. The molecule has 0 amide bonds. The quantitative estimate of drug-likeness (QED) is 0.0169. The van der Waals surface area contributed by atoms with Crippen LogP contribution in [0.3, 0.4) is 0 Å². The van der Waals surface area contributed by atoms with Crippen LogP contribution in [0.15, 0.2) is 182 Å². The van der Waals surface area contributed by atoms with E-state index in [-0.39, 0.29) is 25.7 Å². The van der Waals surface area contributed by atoms with E-state index in [2.05, 4.69) is 186 Å². The van der Waals surface area contributed by atoms with Gasteiger partial charge in [0.15, 0.2) is 12.2 Å². The number of ether oxygens (including phenoxy) is 4. The standard InChI is InChI=1S/C85H136O17P2/c1-5-9-13-17-21-25-29-33-37-39-43-45-49-53-57-61-65-69-82(87)95-75-80(101-84(89)71-67-63-59-55-51-47-41-35-31-27-23-19-15-11-7-3)77-99-103(91,92)97-73-79(86)74-98-104(93,94)100-78-81(102-85(90)72-68-64-60-56-52-48-42-36-32-28-24-20-16-12-8-4)76-96-83(88)70-66-62-58-54-50-46-44-40-38-34-30-26-22-18-14-10-6-2/h9-16,21-28,33-38,41-42,51-52,55-56,63,67,79-81,86H,5-8,17-20,29-32,39-40,43-50,53-54,57-62,64-66,68-78H2,1-4H3,(H,91,92)(H,93,94)/b13-9-,14-10-,15-11-,16-12-,25-21-,26-22-,27-23-,28-24-,37-33-,38-34-,41-35-,42-36-,55-51-,56-52-,67-63-. The van der Waals surface area contributed by atoms with Crippen LogP contribution in [-0.2, 0) is 65.4 Å². The molecule has 104 heavy (non-hydrogen) atoms. The largest absolute Gasteiger partial charge is 0.472 e. The second kappa shape index (κ2) is 75.4. The smallest absolute Gasteiger partial charge is 0.462 e. The molecule has 0 heterocycles. The average Bonchev–Trinajstić information content (AvgIpc) is 1.21. The third kappa shape index (κ3) is 74.4. The zero-order valence-corrected chi connectivity index (χ0v) is 65.9. The molecule has 0 aliphatic rings.